The highest BCUT2D eigenvalue weighted by Crippen LogP contribution is 2.22. The molecule has 1 aromatic carbocycles. The van der Waals surface area contributed by atoms with Crippen LogP contribution in [0.2, 0.25) is 0 Å². The number of piperidine rings is 1. The highest BCUT2D eigenvalue weighted by Gasteiger charge is 2.13. The fraction of sp³-hybridized carbons (Fsp3) is 0.385. The first kappa shape index (κ1) is 9.30. The third kappa shape index (κ3) is 1.97. The maximum absolute atomic E-state index is 5.31. The Kier molecular flexibility index (Phi) is 2.86. The average molecular weight is 185 g/mol. The quantitative estimate of drug-likeness (QED) is 0.663. The monoisotopic (exact) mass is 185 g/mol. The van der Waals surface area contributed by atoms with Crippen LogP contribution in [0.5, 0.6) is 0 Å². The molecule has 0 aromatic heterocycles. The van der Waals surface area contributed by atoms with Crippen LogP contribution in [0, 0.1) is 12.3 Å². The number of hydrogen-bond acceptors (Lipinski definition) is 1. The van der Waals surface area contributed by atoms with Crippen molar-refractivity contribution < 1.29 is 0 Å². The Morgan fingerprint density at radius 3 is 2.57 bits per heavy atom. The van der Waals surface area contributed by atoms with Crippen LogP contribution < -0.4 is 5.32 Å². The molecule has 1 nitrogen and oxygen atoms in total. The lowest BCUT2D eigenvalue weighted by atomic mass is 9.97. The van der Waals surface area contributed by atoms with Gasteiger partial charge in [-0.2, -0.15) is 0 Å². The maximum atomic E-state index is 5.31. The Hall–Kier alpha value is -1.26. The first-order valence-electron chi connectivity index (χ1n) is 5.20. The van der Waals surface area contributed by atoms with E-state index in [1.165, 1.54) is 24.8 Å². The molecule has 0 spiro atoms. The summed E-state index contributed by atoms with van der Waals surface area (Å²) in [4.78, 5) is 0. The van der Waals surface area contributed by atoms with Crippen molar-refractivity contribution in [3.63, 3.8) is 0 Å². The van der Waals surface area contributed by atoms with E-state index in [0.717, 1.165) is 12.1 Å². The standard InChI is InChI=1S/C13H15N/c1-2-11-6-8-12(9-7-11)13-5-3-4-10-14-13/h1,6-9,13-14H,3-5,10H2. The normalized spacial score (nSPS) is 21.5. The average Bonchev–Trinajstić information content (AvgIpc) is 2.30. The van der Waals surface area contributed by atoms with Crippen LogP contribution in [0.3, 0.4) is 0 Å². The summed E-state index contributed by atoms with van der Waals surface area (Å²) in [5, 5.41) is 3.52. The number of benzene rings is 1. The van der Waals surface area contributed by atoms with Crippen molar-refractivity contribution in [3.8, 4) is 12.3 Å². The number of nitrogens with one attached hydrogen (secondary N) is 1. The Balaban J connectivity index is 2.12. The zero-order valence-electron chi connectivity index (χ0n) is 8.29. The lowest BCUT2D eigenvalue weighted by molar-refractivity contribution is 0.412. The minimum Gasteiger partial charge on any atom is -0.310 e. The molecule has 72 valence electrons. The predicted octanol–water partition coefficient (Wildman–Crippen LogP) is 2.48. The lowest BCUT2D eigenvalue weighted by Crippen LogP contribution is -2.26. The Labute approximate surface area is 85.5 Å². The Morgan fingerprint density at radius 2 is 2.00 bits per heavy atom. The van der Waals surface area contributed by atoms with Crippen LogP contribution in [-0.2, 0) is 0 Å². The van der Waals surface area contributed by atoms with Gasteiger partial charge in [-0.15, -0.1) is 6.42 Å². The molecule has 1 aliphatic heterocycles. The van der Waals surface area contributed by atoms with Crippen molar-refractivity contribution in [2.24, 2.45) is 0 Å². The molecule has 1 heterocycles. The van der Waals surface area contributed by atoms with Gasteiger partial charge in [0.05, 0.1) is 0 Å². The van der Waals surface area contributed by atoms with Gasteiger partial charge in [-0.3, -0.25) is 0 Å². The zero-order valence-corrected chi connectivity index (χ0v) is 8.29. The topological polar surface area (TPSA) is 12.0 Å². The molecule has 0 amide bonds. The first-order valence-corrected chi connectivity index (χ1v) is 5.20. The van der Waals surface area contributed by atoms with Gasteiger partial charge in [-0.05, 0) is 37.1 Å². The van der Waals surface area contributed by atoms with E-state index in [0.29, 0.717) is 6.04 Å². The summed E-state index contributed by atoms with van der Waals surface area (Å²) in [5.41, 5.74) is 2.33. The van der Waals surface area contributed by atoms with E-state index in [4.69, 9.17) is 6.42 Å². The molecule has 1 N–H and O–H groups in total. The lowest BCUT2D eigenvalue weighted by Gasteiger charge is -2.23. The van der Waals surface area contributed by atoms with Gasteiger partial charge in [0.1, 0.15) is 0 Å². The molecule has 1 aromatic rings. The van der Waals surface area contributed by atoms with E-state index < -0.39 is 0 Å². The van der Waals surface area contributed by atoms with Gasteiger partial charge in [0, 0.05) is 11.6 Å². The molecular formula is C13H15N. The molecule has 1 aliphatic rings. The summed E-state index contributed by atoms with van der Waals surface area (Å²) >= 11 is 0. The van der Waals surface area contributed by atoms with Crippen molar-refractivity contribution in [1.82, 2.24) is 5.32 Å². The van der Waals surface area contributed by atoms with Crippen LogP contribution in [0.25, 0.3) is 0 Å². The van der Waals surface area contributed by atoms with E-state index >= 15 is 0 Å². The highest BCUT2D eigenvalue weighted by molar-refractivity contribution is 5.35. The number of terminal acetylenes is 1. The van der Waals surface area contributed by atoms with E-state index in [9.17, 15) is 0 Å². The molecule has 1 atom stereocenters. The molecule has 1 heteroatoms. The molecular weight excluding hydrogens is 170 g/mol. The Bertz CT molecular complexity index is 325. The van der Waals surface area contributed by atoms with Crippen molar-refractivity contribution in [3.05, 3.63) is 35.4 Å². The van der Waals surface area contributed by atoms with Gasteiger partial charge in [-0.1, -0.05) is 24.5 Å². The van der Waals surface area contributed by atoms with Gasteiger partial charge in [0.15, 0.2) is 0 Å². The smallest absolute Gasteiger partial charge is 0.0320 e. The van der Waals surface area contributed by atoms with E-state index in [1.54, 1.807) is 0 Å². The summed E-state index contributed by atoms with van der Waals surface area (Å²) in [7, 11) is 0. The molecule has 1 fully saturated rings. The predicted molar refractivity (Wildman–Crippen MR) is 59.0 cm³/mol. The van der Waals surface area contributed by atoms with Crippen molar-refractivity contribution in [2.45, 2.75) is 25.3 Å². The van der Waals surface area contributed by atoms with Gasteiger partial charge >= 0.3 is 0 Å². The number of rotatable bonds is 1. The first-order chi connectivity index (χ1) is 6.90. The summed E-state index contributed by atoms with van der Waals surface area (Å²) < 4.78 is 0. The molecule has 0 bridgehead atoms. The van der Waals surface area contributed by atoms with Crippen LogP contribution in [0.15, 0.2) is 24.3 Å². The summed E-state index contributed by atoms with van der Waals surface area (Å²) in [6, 6.07) is 8.85. The van der Waals surface area contributed by atoms with E-state index in [1.807, 2.05) is 12.1 Å². The second-order valence-corrected chi connectivity index (χ2v) is 3.77. The van der Waals surface area contributed by atoms with Gasteiger partial charge in [0.2, 0.25) is 0 Å². The second-order valence-electron chi connectivity index (χ2n) is 3.77. The van der Waals surface area contributed by atoms with E-state index in [2.05, 4.69) is 23.4 Å². The summed E-state index contributed by atoms with van der Waals surface area (Å²) in [6.45, 7) is 1.14. The maximum Gasteiger partial charge on any atom is 0.0320 e. The van der Waals surface area contributed by atoms with Crippen LogP contribution in [-0.4, -0.2) is 6.54 Å². The molecule has 1 unspecified atom stereocenters. The summed E-state index contributed by atoms with van der Waals surface area (Å²) in [6.07, 6.45) is 9.19. The second kappa shape index (κ2) is 4.30. The SMILES string of the molecule is C#Cc1ccc(C2CCCCN2)cc1. The summed E-state index contributed by atoms with van der Waals surface area (Å²) in [5.74, 6) is 2.64. The van der Waals surface area contributed by atoms with Crippen molar-refractivity contribution in [2.75, 3.05) is 6.54 Å². The molecule has 14 heavy (non-hydrogen) atoms. The van der Waals surface area contributed by atoms with Gasteiger partial charge in [-0.25, -0.2) is 0 Å². The van der Waals surface area contributed by atoms with Gasteiger partial charge < -0.3 is 5.32 Å². The van der Waals surface area contributed by atoms with Crippen LogP contribution >= 0.6 is 0 Å². The molecule has 0 saturated carbocycles. The minimum absolute atomic E-state index is 0.538. The number of hydrogen-bond donors (Lipinski definition) is 1. The van der Waals surface area contributed by atoms with Crippen molar-refractivity contribution in [1.29, 1.82) is 0 Å². The zero-order chi connectivity index (χ0) is 9.80. The Morgan fingerprint density at radius 1 is 1.21 bits per heavy atom. The van der Waals surface area contributed by atoms with E-state index in [-0.39, 0.29) is 0 Å². The minimum atomic E-state index is 0.538. The molecule has 1 saturated heterocycles. The third-order valence-corrected chi connectivity index (χ3v) is 2.79. The fourth-order valence-electron chi connectivity index (χ4n) is 1.95. The third-order valence-electron chi connectivity index (χ3n) is 2.79. The molecule has 0 aliphatic carbocycles. The van der Waals surface area contributed by atoms with Gasteiger partial charge in [0.25, 0.3) is 0 Å². The van der Waals surface area contributed by atoms with Crippen molar-refractivity contribution >= 4 is 0 Å². The van der Waals surface area contributed by atoms with Crippen LogP contribution in [0.4, 0.5) is 0 Å². The highest BCUT2D eigenvalue weighted by atomic mass is 14.9. The molecule has 0 radical (unpaired) electrons. The molecule has 2 rings (SSSR count). The largest absolute Gasteiger partial charge is 0.310 e. The van der Waals surface area contributed by atoms with Crippen LogP contribution in [0.1, 0.15) is 36.4 Å². The fourth-order valence-corrected chi connectivity index (χ4v) is 1.95.